The van der Waals surface area contributed by atoms with E-state index in [9.17, 15) is 13.5 Å². The van der Waals surface area contributed by atoms with Crippen LogP contribution in [0.15, 0.2) is 24.4 Å². The Labute approximate surface area is 94.4 Å². The van der Waals surface area contributed by atoms with Crippen LogP contribution in [-0.2, 0) is 16.4 Å². The van der Waals surface area contributed by atoms with Gasteiger partial charge in [0.25, 0.3) is 0 Å². The summed E-state index contributed by atoms with van der Waals surface area (Å²) in [4.78, 5) is 4.11. The molecule has 1 aliphatic rings. The molecule has 1 aromatic rings. The van der Waals surface area contributed by atoms with Crippen LogP contribution in [0, 0.1) is 0 Å². The molecule has 1 aromatic heterocycles. The van der Waals surface area contributed by atoms with Gasteiger partial charge in [0.15, 0.2) is 9.84 Å². The standard InChI is InChI=1S/C10H14N2O3S/c13-10-7-16(14,15)6-9(10)12-5-8-3-1-2-4-11-8/h1-4,9-10,12-13H,5-7H2/t9-,10-/m1/s1. The fraction of sp³-hybridized carbons (Fsp3) is 0.500. The zero-order chi connectivity index (χ0) is 11.6. The average molecular weight is 242 g/mol. The van der Waals surface area contributed by atoms with Crippen LogP contribution in [-0.4, -0.2) is 42.2 Å². The van der Waals surface area contributed by atoms with Crippen molar-refractivity contribution in [2.24, 2.45) is 0 Å². The molecule has 0 saturated carbocycles. The summed E-state index contributed by atoms with van der Waals surface area (Å²) >= 11 is 0. The van der Waals surface area contributed by atoms with Crippen molar-refractivity contribution >= 4 is 9.84 Å². The van der Waals surface area contributed by atoms with Crippen molar-refractivity contribution in [1.82, 2.24) is 10.3 Å². The Kier molecular flexibility index (Phi) is 3.22. The van der Waals surface area contributed by atoms with Crippen LogP contribution in [0.3, 0.4) is 0 Å². The van der Waals surface area contributed by atoms with Gasteiger partial charge in [0.2, 0.25) is 0 Å². The highest BCUT2D eigenvalue weighted by atomic mass is 32.2. The topological polar surface area (TPSA) is 79.3 Å². The lowest BCUT2D eigenvalue weighted by molar-refractivity contribution is 0.165. The molecule has 0 bridgehead atoms. The maximum atomic E-state index is 11.2. The van der Waals surface area contributed by atoms with Gasteiger partial charge in [-0.2, -0.15) is 0 Å². The third-order valence-electron chi connectivity index (χ3n) is 2.59. The van der Waals surface area contributed by atoms with Gasteiger partial charge < -0.3 is 10.4 Å². The molecule has 1 fully saturated rings. The molecule has 2 atom stereocenters. The van der Waals surface area contributed by atoms with E-state index in [0.717, 1.165) is 5.69 Å². The van der Waals surface area contributed by atoms with Gasteiger partial charge in [-0.15, -0.1) is 0 Å². The van der Waals surface area contributed by atoms with Gasteiger partial charge in [0, 0.05) is 18.8 Å². The molecule has 0 radical (unpaired) electrons. The zero-order valence-corrected chi connectivity index (χ0v) is 9.52. The Balaban J connectivity index is 1.92. The predicted molar refractivity (Wildman–Crippen MR) is 59.5 cm³/mol. The number of rotatable bonds is 3. The summed E-state index contributed by atoms with van der Waals surface area (Å²) in [5.74, 6) is -0.145. The van der Waals surface area contributed by atoms with E-state index in [4.69, 9.17) is 0 Å². The minimum Gasteiger partial charge on any atom is -0.390 e. The number of aliphatic hydroxyl groups excluding tert-OH is 1. The summed E-state index contributed by atoms with van der Waals surface area (Å²) in [6.45, 7) is 0.470. The van der Waals surface area contributed by atoms with Crippen molar-refractivity contribution in [3.05, 3.63) is 30.1 Å². The van der Waals surface area contributed by atoms with E-state index in [1.165, 1.54) is 0 Å². The fourth-order valence-electron chi connectivity index (χ4n) is 1.76. The minimum absolute atomic E-state index is 0.000992. The molecule has 1 saturated heterocycles. The van der Waals surface area contributed by atoms with Gasteiger partial charge in [-0.05, 0) is 12.1 Å². The first kappa shape index (κ1) is 11.5. The lowest BCUT2D eigenvalue weighted by Crippen LogP contribution is -2.38. The van der Waals surface area contributed by atoms with E-state index in [1.54, 1.807) is 6.20 Å². The molecular weight excluding hydrogens is 228 g/mol. The lowest BCUT2D eigenvalue weighted by Gasteiger charge is -2.14. The number of nitrogens with zero attached hydrogens (tertiary/aromatic N) is 1. The largest absolute Gasteiger partial charge is 0.390 e. The summed E-state index contributed by atoms with van der Waals surface area (Å²) in [5, 5.41) is 12.6. The van der Waals surface area contributed by atoms with Gasteiger partial charge in [0.05, 0.1) is 23.3 Å². The second kappa shape index (κ2) is 4.48. The maximum absolute atomic E-state index is 11.2. The van der Waals surface area contributed by atoms with Gasteiger partial charge in [-0.25, -0.2) is 8.42 Å². The number of aromatic nitrogens is 1. The minimum atomic E-state index is -3.08. The molecule has 88 valence electrons. The van der Waals surface area contributed by atoms with Crippen LogP contribution in [0.1, 0.15) is 5.69 Å². The van der Waals surface area contributed by atoms with E-state index >= 15 is 0 Å². The third-order valence-corrected chi connectivity index (χ3v) is 4.31. The lowest BCUT2D eigenvalue weighted by atomic mass is 10.2. The fourth-order valence-corrected chi connectivity index (χ4v) is 3.54. The van der Waals surface area contributed by atoms with Gasteiger partial charge in [0.1, 0.15) is 0 Å². The second-order valence-corrected chi connectivity index (χ2v) is 6.11. The molecule has 0 aromatic carbocycles. The van der Waals surface area contributed by atoms with Crippen LogP contribution >= 0.6 is 0 Å². The number of hydrogen-bond donors (Lipinski definition) is 2. The van der Waals surface area contributed by atoms with Crippen molar-refractivity contribution in [1.29, 1.82) is 0 Å². The zero-order valence-electron chi connectivity index (χ0n) is 8.70. The van der Waals surface area contributed by atoms with Crippen molar-refractivity contribution < 1.29 is 13.5 Å². The quantitative estimate of drug-likeness (QED) is 0.735. The van der Waals surface area contributed by atoms with Crippen LogP contribution in [0.4, 0.5) is 0 Å². The Hall–Kier alpha value is -0.980. The van der Waals surface area contributed by atoms with E-state index in [0.29, 0.717) is 6.54 Å². The molecule has 0 spiro atoms. The summed E-state index contributed by atoms with van der Waals surface area (Å²) in [7, 11) is -3.08. The normalized spacial score (nSPS) is 28.1. The molecule has 5 nitrogen and oxygen atoms in total. The van der Waals surface area contributed by atoms with Crippen molar-refractivity contribution in [3.8, 4) is 0 Å². The summed E-state index contributed by atoms with van der Waals surface area (Å²) in [6, 6.07) is 5.15. The number of hydrogen-bond acceptors (Lipinski definition) is 5. The van der Waals surface area contributed by atoms with Gasteiger partial charge >= 0.3 is 0 Å². The van der Waals surface area contributed by atoms with E-state index in [2.05, 4.69) is 10.3 Å². The first-order valence-corrected chi connectivity index (χ1v) is 6.91. The number of sulfone groups is 1. The number of nitrogens with one attached hydrogen (secondary N) is 1. The molecule has 0 aliphatic carbocycles. The highest BCUT2D eigenvalue weighted by Gasteiger charge is 2.35. The van der Waals surface area contributed by atoms with E-state index in [-0.39, 0.29) is 17.5 Å². The molecule has 6 heteroatoms. The molecule has 2 heterocycles. The second-order valence-electron chi connectivity index (χ2n) is 3.95. The molecule has 2 rings (SSSR count). The Bertz CT molecular complexity index is 446. The van der Waals surface area contributed by atoms with Gasteiger partial charge in [-0.1, -0.05) is 6.07 Å². The first-order chi connectivity index (χ1) is 7.57. The molecule has 1 aliphatic heterocycles. The molecular formula is C10H14N2O3S. The van der Waals surface area contributed by atoms with Crippen LogP contribution in [0.5, 0.6) is 0 Å². The predicted octanol–water partition coefficient (Wildman–Crippen LogP) is -0.671. The highest BCUT2D eigenvalue weighted by molar-refractivity contribution is 7.91. The molecule has 0 unspecified atom stereocenters. The monoisotopic (exact) mass is 242 g/mol. The van der Waals surface area contributed by atoms with Crippen molar-refractivity contribution in [3.63, 3.8) is 0 Å². The average Bonchev–Trinajstić information content (AvgIpc) is 2.50. The van der Waals surface area contributed by atoms with Crippen LogP contribution < -0.4 is 5.32 Å². The Morgan fingerprint density at radius 1 is 1.44 bits per heavy atom. The third kappa shape index (κ3) is 2.78. The van der Waals surface area contributed by atoms with Gasteiger partial charge in [-0.3, -0.25) is 4.98 Å². The van der Waals surface area contributed by atoms with Crippen molar-refractivity contribution in [2.45, 2.75) is 18.7 Å². The number of aliphatic hydroxyl groups is 1. The molecule has 0 amide bonds. The van der Waals surface area contributed by atoms with Crippen molar-refractivity contribution in [2.75, 3.05) is 11.5 Å². The SMILES string of the molecule is O=S1(=O)C[C@@H](O)[C@H](NCc2ccccn2)C1. The summed E-state index contributed by atoms with van der Waals surface area (Å²) in [5.41, 5.74) is 0.832. The number of pyridine rings is 1. The highest BCUT2D eigenvalue weighted by Crippen LogP contribution is 2.12. The Morgan fingerprint density at radius 2 is 2.25 bits per heavy atom. The summed E-state index contributed by atoms with van der Waals surface area (Å²) in [6.07, 6.45) is 0.868. The first-order valence-electron chi connectivity index (χ1n) is 5.08. The maximum Gasteiger partial charge on any atom is 0.154 e. The smallest absolute Gasteiger partial charge is 0.154 e. The van der Waals surface area contributed by atoms with E-state index in [1.807, 2.05) is 18.2 Å². The Morgan fingerprint density at radius 3 is 2.81 bits per heavy atom. The molecule has 16 heavy (non-hydrogen) atoms. The molecule has 2 N–H and O–H groups in total. The van der Waals surface area contributed by atoms with E-state index < -0.39 is 15.9 Å². The summed E-state index contributed by atoms with van der Waals surface area (Å²) < 4.78 is 22.5. The van der Waals surface area contributed by atoms with Crippen LogP contribution in [0.2, 0.25) is 0 Å². The van der Waals surface area contributed by atoms with Crippen LogP contribution in [0.25, 0.3) is 0 Å².